The van der Waals surface area contributed by atoms with Gasteiger partial charge < -0.3 is 5.11 Å². The lowest BCUT2D eigenvalue weighted by atomic mass is 10.3. The molecule has 0 saturated carbocycles. The first-order valence-corrected chi connectivity index (χ1v) is 6.64. The number of phenolic OH excluding ortho intramolecular Hbond substituents is 1. The van der Waals surface area contributed by atoms with Crippen LogP contribution >= 0.6 is 0 Å². The van der Waals surface area contributed by atoms with Crippen LogP contribution in [0.25, 0.3) is 0 Å². The largest absolute Gasteiger partial charge is 0.508 e. The lowest BCUT2D eigenvalue weighted by Crippen LogP contribution is -2.13. The van der Waals surface area contributed by atoms with Gasteiger partial charge in [-0.1, -0.05) is 6.07 Å². The van der Waals surface area contributed by atoms with Crippen LogP contribution in [0.15, 0.2) is 47.4 Å². The molecule has 0 aliphatic rings. The molecule has 0 aliphatic carbocycles. The maximum atomic E-state index is 13.0. The van der Waals surface area contributed by atoms with Gasteiger partial charge in [-0.3, -0.25) is 4.72 Å². The molecular formula is C12H9F2NO3S. The van der Waals surface area contributed by atoms with E-state index in [4.69, 9.17) is 0 Å². The average Bonchev–Trinajstić information content (AvgIpc) is 2.33. The van der Waals surface area contributed by atoms with E-state index in [2.05, 4.69) is 4.72 Å². The van der Waals surface area contributed by atoms with Crippen LogP contribution in [0.3, 0.4) is 0 Å². The molecule has 7 heteroatoms. The summed E-state index contributed by atoms with van der Waals surface area (Å²) in [6.07, 6.45) is 0. The molecule has 19 heavy (non-hydrogen) atoms. The van der Waals surface area contributed by atoms with Gasteiger partial charge in [0.05, 0.1) is 10.6 Å². The molecule has 0 amide bonds. The van der Waals surface area contributed by atoms with Crippen LogP contribution in [0.2, 0.25) is 0 Å². The van der Waals surface area contributed by atoms with Gasteiger partial charge in [-0.2, -0.15) is 0 Å². The highest BCUT2D eigenvalue weighted by atomic mass is 32.2. The van der Waals surface area contributed by atoms with Crippen molar-refractivity contribution in [1.29, 1.82) is 0 Å². The normalized spacial score (nSPS) is 11.3. The van der Waals surface area contributed by atoms with Crippen molar-refractivity contribution in [3.63, 3.8) is 0 Å². The first-order valence-electron chi connectivity index (χ1n) is 5.15. The molecule has 0 atom stereocenters. The van der Waals surface area contributed by atoms with E-state index < -0.39 is 21.7 Å². The first kappa shape index (κ1) is 13.3. The molecule has 2 aromatic rings. The zero-order valence-electron chi connectivity index (χ0n) is 9.47. The summed E-state index contributed by atoms with van der Waals surface area (Å²) in [5.74, 6) is -2.44. The summed E-state index contributed by atoms with van der Waals surface area (Å²) < 4.78 is 51.6. The van der Waals surface area contributed by atoms with Gasteiger partial charge >= 0.3 is 0 Å². The Kier molecular flexibility index (Phi) is 3.39. The van der Waals surface area contributed by atoms with Crippen LogP contribution in [0.1, 0.15) is 0 Å². The van der Waals surface area contributed by atoms with E-state index >= 15 is 0 Å². The second-order valence-electron chi connectivity index (χ2n) is 3.73. The molecule has 2 rings (SSSR count). The minimum atomic E-state index is -3.96. The molecule has 2 aromatic carbocycles. The quantitative estimate of drug-likeness (QED) is 0.910. The van der Waals surface area contributed by atoms with Gasteiger partial charge in [0.1, 0.15) is 5.75 Å². The second-order valence-corrected chi connectivity index (χ2v) is 5.41. The number of rotatable bonds is 3. The number of anilines is 1. The Balaban J connectivity index is 2.33. The molecule has 100 valence electrons. The van der Waals surface area contributed by atoms with Crippen LogP contribution in [0.5, 0.6) is 5.75 Å². The predicted octanol–water partition coefficient (Wildman–Crippen LogP) is 2.47. The second kappa shape index (κ2) is 4.85. The van der Waals surface area contributed by atoms with Crippen molar-refractivity contribution in [2.24, 2.45) is 0 Å². The Morgan fingerprint density at radius 1 is 1.00 bits per heavy atom. The van der Waals surface area contributed by atoms with E-state index in [9.17, 15) is 22.3 Å². The number of aromatic hydroxyl groups is 1. The van der Waals surface area contributed by atoms with Crippen molar-refractivity contribution in [3.05, 3.63) is 54.1 Å². The smallest absolute Gasteiger partial charge is 0.262 e. The SMILES string of the molecule is O=S(=O)(Nc1ccc(F)c(F)c1)c1cccc(O)c1. The van der Waals surface area contributed by atoms with Gasteiger partial charge in [-0.15, -0.1) is 0 Å². The monoisotopic (exact) mass is 285 g/mol. The number of hydrogen-bond donors (Lipinski definition) is 2. The Bertz CT molecular complexity index is 717. The third-order valence-electron chi connectivity index (χ3n) is 2.30. The Hall–Kier alpha value is -2.15. The molecule has 0 heterocycles. The van der Waals surface area contributed by atoms with Gasteiger partial charge in [-0.05, 0) is 24.3 Å². The maximum Gasteiger partial charge on any atom is 0.262 e. The highest BCUT2D eigenvalue weighted by Crippen LogP contribution is 2.20. The summed E-state index contributed by atoms with van der Waals surface area (Å²) in [4.78, 5) is -0.183. The van der Waals surface area contributed by atoms with Gasteiger partial charge in [-0.25, -0.2) is 17.2 Å². The van der Waals surface area contributed by atoms with E-state index in [0.717, 1.165) is 24.3 Å². The topological polar surface area (TPSA) is 66.4 Å². The van der Waals surface area contributed by atoms with Gasteiger partial charge in [0.2, 0.25) is 0 Å². The fourth-order valence-electron chi connectivity index (χ4n) is 1.42. The third kappa shape index (κ3) is 3.00. The molecule has 0 aromatic heterocycles. The molecule has 0 fully saturated rings. The molecule has 4 nitrogen and oxygen atoms in total. The third-order valence-corrected chi connectivity index (χ3v) is 3.68. The highest BCUT2D eigenvalue weighted by molar-refractivity contribution is 7.92. The van der Waals surface area contributed by atoms with Crippen molar-refractivity contribution in [2.75, 3.05) is 4.72 Å². The van der Waals surface area contributed by atoms with Crippen LogP contribution in [0, 0.1) is 11.6 Å². The molecular weight excluding hydrogens is 276 g/mol. The first-order chi connectivity index (χ1) is 8.88. The number of benzene rings is 2. The zero-order valence-corrected chi connectivity index (χ0v) is 10.3. The predicted molar refractivity (Wildman–Crippen MR) is 65.3 cm³/mol. The number of nitrogens with one attached hydrogen (secondary N) is 1. The van der Waals surface area contributed by atoms with Gasteiger partial charge in [0.15, 0.2) is 11.6 Å². The lowest BCUT2D eigenvalue weighted by molar-refractivity contribution is 0.473. The summed E-state index contributed by atoms with van der Waals surface area (Å²) >= 11 is 0. The van der Waals surface area contributed by atoms with Crippen molar-refractivity contribution in [2.45, 2.75) is 4.90 Å². The van der Waals surface area contributed by atoms with Gasteiger partial charge in [0, 0.05) is 12.1 Å². The number of hydrogen-bond acceptors (Lipinski definition) is 3. The molecule has 0 aliphatic heterocycles. The Labute approximate surface area is 108 Å². The molecule has 0 radical (unpaired) electrons. The minimum Gasteiger partial charge on any atom is -0.508 e. The van der Waals surface area contributed by atoms with Crippen molar-refractivity contribution < 1.29 is 22.3 Å². The molecule has 0 unspecified atom stereocenters. The molecule has 0 saturated heterocycles. The minimum absolute atomic E-state index is 0.109. The molecule has 2 N–H and O–H groups in total. The van der Waals surface area contributed by atoms with E-state index in [1.54, 1.807) is 0 Å². The van der Waals surface area contributed by atoms with Gasteiger partial charge in [0.25, 0.3) is 10.0 Å². The lowest BCUT2D eigenvalue weighted by Gasteiger charge is -2.08. The van der Waals surface area contributed by atoms with E-state index in [0.29, 0.717) is 0 Å². The van der Waals surface area contributed by atoms with Crippen LogP contribution in [-0.2, 0) is 10.0 Å². The highest BCUT2D eigenvalue weighted by Gasteiger charge is 2.15. The summed E-state index contributed by atoms with van der Waals surface area (Å²) in [5.41, 5.74) is -0.109. The summed E-state index contributed by atoms with van der Waals surface area (Å²) in [7, 11) is -3.96. The summed E-state index contributed by atoms with van der Waals surface area (Å²) in [6, 6.07) is 7.62. The van der Waals surface area contributed by atoms with E-state index in [1.165, 1.54) is 18.2 Å². The van der Waals surface area contributed by atoms with E-state index in [-0.39, 0.29) is 16.3 Å². The fraction of sp³-hybridized carbons (Fsp3) is 0. The van der Waals surface area contributed by atoms with Crippen LogP contribution < -0.4 is 4.72 Å². The number of sulfonamides is 1. The Morgan fingerprint density at radius 3 is 2.37 bits per heavy atom. The van der Waals surface area contributed by atoms with E-state index in [1.807, 2.05) is 0 Å². The van der Waals surface area contributed by atoms with Crippen LogP contribution in [-0.4, -0.2) is 13.5 Å². The van der Waals surface area contributed by atoms with Crippen molar-refractivity contribution in [1.82, 2.24) is 0 Å². The number of halogens is 2. The molecule has 0 bridgehead atoms. The summed E-state index contributed by atoms with van der Waals surface area (Å²) in [5, 5.41) is 9.22. The maximum absolute atomic E-state index is 13.0. The standard InChI is InChI=1S/C12H9F2NO3S/c13-11-5-4-8(6-12(11)14)15-19(17,18)10-3-1-2-9(16)7-10/h1-7,15-16H. The van der Waals surface area contributed by atoms with Crippen molar-refractivity contribution in [3.8, 4) is 5.75 Å². The van der Waals surface area contributed by atoms with Crippen molar-refractivity contribution >= 4 is 15.7 Å². The summed E-state index contributed by atoms with van der Waals surface area (Å²) in [6.45, 7) is 0. The average molecular weight is 285 g/mol. The number of phenols is 1. The molecule has 0 spiro atoms. The fourth-order valence-corrected chi connectivity index (χ4v) is 2.51. The Morgan fingerprint density at radius 2 is 1.74 bits per heavy atom. The van der Waals surface area contributed by atoms with Crippen LogP contribution in [0.4, 0.5) is 14.5 Å². The zero-order chi connectivity index (χ0) is 14.0.